The van der Waals surface area contributed by atoms with Crippen LogP contribution in [0.5, 0.6) is 0 Å². The van der Waals surface area contributed by atoms with E-state index < -0.39 is 0 Å². The number of rotatable bonds is 5. The lowest BCUT2D eigenvalue weighted by molar-refractivity contribution is 0.741. The number of hydrogen-bond acceptors (Lipinski definition) is 3. The van der Waals surface area contributed by atoms with E-state index in [9.17, 15) is 0 Å². The monoisotopic (exact) mass is 265 g/mol. The highest BCUT2D eigenvalue weighted by molar-refractivity contribution is 9.10. The highest BCUT2D eigenvalue weighted by atomic mass is 79.9. The summed E-state index contributed by atoms with van der Waals surface area (Å²) in [6.45, 7) is 2.09. The van der Waals surface area contributed by atoms with Gasteiger partial charge in [-0.25, -0.2) is 0 Å². The van der Waals surface area contributed by atoms with E-state index in [1.165, 1.54) is 15.1 Å². The minimum Gasteiger partial charge on any atom is -0.311 e. The van der Waals surface area contributed by atoms with Crippen LogP contribution in [0.1, 0.15) is 4.88 Å². The first-order valence-corrected chi connectivity index (χ1v) is 6.82. The van der Waals surface area contributed by atoms with Crippen LogP contribution in [0.15, 0.2) is 15.9 Å². The van der Waals surface area contributed by atoms with Gasteiger partial charge in [-0.05, 0) is 28.3 Å². The second-order valence-electron chi connectivity index (χ2n) is 2.40. The zero-order valence-corrected chi connectivity index (χ0v) is 10.2. The lowest BCUT2D eigenvalue weighted by Gasteiger charge is -1.99. The quantitative estimate of drug-likeness (QED) is 0.822. The first kappa shape index (κ1) is 10.6. The predicted molar refractivity (Wildman–Crippen MR) is 62.1 cm³/mol. The number of thiophene rings is 1. The standard InChI is InChI=1S/C8H12BrNS2/c1-11-3-2-10-5-8-4-7(9)6-12-8/h4,6,10H,2-3,5H2,1H3. The number of nitrogens with one attached hydrogen (secondary N) is 1. The lowest BCUT2D eigenvalue weighted by atomic mass is 10.4. The first-order valence-electron chi connectivity index (χ1n) is 3.75. The lowest BCUT2D eigenvalue weighted by Crippen LogP contribution is -2.15. The summed E-state index contributed by atoms with van der Waals surface area (Å²) in [6.07, 6.45) is 2.13. The van der Waals surface area contributed by atoms with Crippen molar-refractivity contribution in [3.8, 4) is 0 Å². The molecule has 12 heavy (non-hydrogen) atoms. The van der Waals surface area contributed by atoms with Crippen LogP contribution in [-0.2, 0) is 6.54 Å². The molecule has 0 aliphatic heterocycles. The minimum atomic E-state index is 0.997. The first-order chi connectivity index (χ1) is 5.83. The van der Waals surface area contributed by atoms with Crippen LogP contribution in [0.3, 0.4) is 0 Å². The van der Waals surface area contributed by atoms with Crippen molar-refractivity contribution in [3.63, 3.8) is 0 Å². The van der Waals surface area contributed by atoms with Crippen LogP contribution in [0.25, 0.3) is 0 Å². The topological polar surface area (TPSA) is 12.0 Å². The minimum absolute atomic E-state index is 0.997. The maximum absolute atomic E-state index is 3.43. The Balaban J connectivity index is 2.15. The molecule has 0 fully saturated rings. The number of hydrogen-bond donors (Lipinski definition) is 1. The van der Waals surface area contributed by atoms with Gasteiger partial charge in [0.2, 0.25) is 0 Å². The van der Waals surface area contributed by atoms with Crippen LogP contribution in [0.2, 0.25) is 0 Å². The van der Waals surface area contributed by atoms with Gasteiger partial charge in [-0.1, -0.05) is 0 Å². The number of halogens is 1. The van der Waals surface area contributed by atoms with Gasteiger partial charge in [0, 0.05) is 33.6 Å². The Labute approximate surface area is 90.1 Å². The third-order valence-electron chi connectivity index (χ3n) is 1.40. The van der Waals surface area contributed by atoms with Crippen LogP contribution in [0, 0.1) is 0 Å². The molecule has 0 unspecified atom stereocenters. The molecule has 0 atom stereocenters. The van der Waals surface area contributed by atoms with E-state index in [-0.39, 0.29) is 0 Å². The van der Waals surface area contributed by atoms with Gasteiger partial charge in [-0.2, -0.15) is 11.8 Å². The molecule has 68 valence electrons. The molecule has 1 nitrogen and oxygen atoms in total. The highest BCUT2D eigenvalue weighted by Crippen LogP contribution is 2.19. The van der Waals surface area contributed by atoms with Gasteiger partial charge in [-0.15, -0.1) is 11.3 Å². The van der Waals surface area contributed by atoms with Crippen molar-refractivity contribution in [2.24, 2.45) is 0 Å². The van der Waals surface area contributed by atoms with Gasteiger partial charge in [0.25, 0.3) is 0 Å². The Bertz CT molecular complexity index is 225. The smallest absolute Gasteiger partial charge is 0.0300 e. The Morgan fingerprint density at radius 3 is 3.08 bits per heavy atom. The largest absolute Gasteiger partial charge is 0.311 e. The molecule has 4 heteroatoms. The normalized spacial score (nSPS) is 10.5. The molecule has 0 aliphatic carbocycles. The Kier molecular flexibility index (Phi) is 5.30. The van der Waals surface area contributed by atoms with E-state index >= 15 is 0 Å². The van der Waals surface area contributed by atoms with Crippen molar-refractivity contribution in [1.82, 2.24) is 5.32 Å². The number of thioether (sulfide) groups is 1. The average molecular weight is 266 g/mol. The van der Waals surface area contributed by atoms with E-state index in [1.807, 2.05) is 11.8 Å². The second kappa shape index (κ2) is 6.02. The third kappa shape index (κ3) is 3.94. The van der Waals surface area contributed by atoms with Gasteiger partial charge >= 0.3 is 0 Å². The van der Waals surface area contributed by atoms with Crippen LogP contribution in [0.4, 0.5) is 0 Å². The molecular formula is C8H12BrNS2. The fourth-order valence-corrected chi connectivity index (χ4v) is 2.60. The third-order valence-corrected chi connectivity index (χ3v) is 3.71. The predicted octanol–water partition coefficient (Wildman–Crippen LogP) is 2.96. The molecule has 1 heterocycles. The zero-order valence-electron chi connectivity index (χ0n) is 6.97. The van der Waals surface area contributed by atoms with E-state index in [0.29, 0.717) is 0 Å². The molecule has 1 rings (SSSR count). The summed E-state index contributed by atoms with van der Waals surface area (Å²) in [6, 6.07) is 2.16. The van der Waals surface area contributed by atoms with Gasteiger partial charge in [-0.3, -0.25) is 0 Å². The fourth-order valence-electron chi connectivity index (χ4n) is 0.832. The SMILES string of the molecule is CSCCNCc1cc(Br)cs1. The molecule has 0 aliphatic rings. The van der Waals surface area contributed by atoms with Gasteiger partial charge in [0.15, 0.2) is 0 Å². The van der Waals surface area contributed by atoms with Crippen LogP contribution < -0.4 is 5.32 Å². The molecular weight excluding hydrogens is 254 g/mol. The van der Waals surface area contributed by atoms with Gasteiger partial charge < -0.3 is 5.32 Å². The molecule has 1 aromatic heterocycles. The molecule has 0 saturated heterocycles. The summed E-state index contributed by atoms with van der Waals surface area (Å²) in [5.74, 6) is 1.19. The van der Waals surface area contributed by atoms with E-state index in [2.05, 4.69) is 38.9 Å². The van der Waals surface area contributed by atoms with Crippen molar-refractivity contribution in [2.45, 2.75) is 6.54 Å². The Morgan fingerprint density at radius 2 is 2.50 bits per heavy atom. The van der Waals surface area contributed by atoms with Crippen LogP contribution in [-0.4, -0.2) is 18.6 Å². The summed E-state index contributed by atoms with van der Waals surface area (Å²) in [7, 11) is 0. The fraction of sp³-hybridized carbons (Fsp3) is 0.500. The molecule has 1 N–H and O–H groups in total. The van der Waals surface area contributed by atoms with Gasteiger partial charge in [0.1, 0.15) is 0 Å². The molecule has 0 saturated carbocycles. The van der Waals surface area contributed by atoms with Crippen molar-refractivity contribution in [1.29, 1.82) is 0 Å². The summed E-state index contributed by atoms with van der Waals surface area (Å²) >= 11 is 7.10. The summed E-state index contributed by atoms with van der Waals surface area (Å²) < 4.78 is 1.19. The molecule has 0 amide bonds. The maximum atomic E-state index is 3.43. The van der Waals surface area contributed by atoms with E-state index in [0.717, 1.165) is 13.1 Å². The molecule has 0 aromatic carbocycles. The Hall–Kier alpha value is 0.490. The van der Waals surface area contributed by atoms with Crippen molar-refractivity contribution in [2.75, 3.05) is 18.6 Å². The van der Waals surface area contributed by atoms with Gasteiger partial charge in [0.05, 0.1) is 0 Å². The van der Waals surface area contributed by atoms with Crippen molar-refractivity contribution < 1.29 is 0 Å². The Morgan fingerprint density at radius 1 is 1.67 bits per heavy atom. The van der Waals surface area contributed by atoms with Crippen LogP contribution >= 0.6 is 39.0 Å². The zero-order chi connectivity index (χ0) is 8.81. The highest BCUT2D eigenvalue weighted by Gasteiger charge is 1.95. The van der Waals surface area contributed by atoms with Crippen molar-refractivity contribution in [3.05, 3.63) is 20.8 Å². The molecule has 1 aromatic rings. The van der Waals surface area contributed by atoms with Crippen molar-refractivity contribution >= 4 is 39.0 Å². The summed E-state index contributed by atoms with van der Waals surface area (Å²) in [5, 5.41) is 5.50. The molecule has 0 spiro atoms. The molecule has 0 radical (unpaired) electrons. The van der Waals surface area contributed by atoms with E-state index in [1.54, 1.807) is 11.3 Å². The molecule has 0 bridgehead atoms. The maximum Gasteiger partial charge on any atom is 0.0300 e. The average Bonchev–Trinajstić information content (AvgIpc) is 2.45. The summed E-state index contributed by atoms with van der Waals surface area (Å²) in [4.78, 5) is 1.39. The second-order valence-corrected chi connectivity index (χ2v) is 5.30. The van der Waals surface area contributed by atoms with E-state index in [4.69, 9.17) is 0 Å². The summed E-state index contributed by atoms with van der Waals surface area (Å²) in [5.41, 5.74) is 0.